The van der Waals surface area contributed by atoms with Crippen molar-refractivity contribution in [1.29, 1.82) is 0 Å². The van der Waals surface area contributed by atoms with Gasteiger partial charge in [-0.1, -0.05) is 44.5 Å². The fourth-order valence-electron chi connectivity index (χ4n) is 3.65. The average molecular weight is 451 g/mol. The van der Waals surface area contributed by atoms with Gasteiger partial charge in [-0.05, 0) is 54.4 Å². The molecule has 0 bridgehead atoms. The van der Waals surface area contributed by atoms with E-state index < -0.39 is 0 Å². The Morgan fingerprint density at radius 1 is 0.844 bits per heavy atom. The van der Waals surface area contributed by atoms with Crippen LogP contribution in [0.3, 0.4) is 0 Å². The number of hydrogen-bond donors (Lipinski definition) is 2. The second kappa shape index (κ2) is 9.35. The highest BCUT2D eigenvalue weighted by molar-refractivity contribution is 6.32. The van der Waals surface area contributed by atoms with E-state index in [-0.39, 0.29) is 5.41 Å². The zero-order chi connectivity index (χ0) is 22.7. The van der Waals surface area contributed by atoms with Gasteiger partial charge in [-0.25, -0.2) is 4.98 Å². The van der Waals surface area contributed by atoms with Crippen molar-refractivity contribution >= 4 is 40.4 Å². The normalized spacial score (nSPS) is 15.0. The minimum atomic E-state index is 0.113. The molecule has 0 atom stereocenters. The molecule has 2 aromatic carbocycles. The third kappa shape index (κ3) is 5.50. The van der Waals surface area contributed by atoms with Crippen molar-refractivity contribution < 1.29 is 0 Å². The van der Waals surface area contributed by atoms with E-state index in [0.717, 1.165) is 37.6 Å². The van der Waals surface area contributed by atoms with E-state index in [0.29, 0.717) is 16.8 Å². The Morgan fingerprint density at radius 3 is 2.06 bits per heavy atom. The van der Waals surface area contributed by atoms with Crippen LogP contribution in [0.2, 0.25) is 5.02 Å². The lowest BCUT2D eigenvalue weighted by Gasteiger charge is -2.34. The molecule has 0 spiro atoms. The molecule has 0 saturated carbocycles. The van der Waals surface area contributed by atoms with Crippen molar-refractivity contribution in [2.75, 3.05) is 48.8 Å². The van der Waals surface area contributed by atoms with E-state index in [9.17, 15) is 0 Å². The Bertz CT molecular complexity index is 1040. The molecular formula is C25H31ClN6. The lowest BCUT2D eigenvalue weighted by Crippen LogP contribution is -2.44. The third-order valence-corrected chi connectivity index (χ3v) is 6.03. The zero-order valence-electron chi connectivity index (χ0n) is 19.2. The average Bonchev–Trinajstić information content (AvgIpc) is 2.77. The van der Waals surface area contributed by atoms with E-state index in [1.807, 2.05) is 12.1 Å². The number of benzene rings is 2. The van der Waals surface area contributed by atoms with Crippen molar-refractivity contribution in [2.45, 2.75) is 26.2 Å². The lowest BCUT2D eigenvalue weighted by molar-refractivity contribution is 0.313. The van der Waals surface area contributed by atoms with Crippen LogP contribution in [-0.4, -0.2) is 48.1 Å². The second-order valence-corrected chi connectivity index (χ2v) is 9.71. The standard InChI is InChI=1S/C25H31ClN6/c1-25(2,3)18-5-7-19(8-6-18)28-23-22(26)17-27-24(30-23)29-20-9-11-21(12-10-20)32-15-13-31(4)14-16-32/h5-12,17H,13-16H2,1-4H3,(H2,27,28,29,30). The van der Waals surface area contributed by atoms with Crippen LogP contribution < -0.4 is 15.5 Å². The number of anilines is 5. The van der Waals surface area contributed by atoms with Gasteiger partial charge in [-0.15, -0.1) is 0 Å². The fourth-order valence-corrected chi connectivity index (χ4v) is 3.79. The molecule has 3 aromatic rings. The number of hydrogen-bond acceptors (Lipinski definition) is 6. The molecule has 32 heavy (non-hydrogen) atoms. The van der Waals surface area contributed by atoms with Gasteiger partial charge in [-0.3, -0.25) is 0 Å². The summed E-state index contributed by atoms with van der Waals surface area (Å²) in [5.74, 6) is 1.07. The van der Waals surface area contributed by atoms with Crippen LogP contribution in [0.25, 0.3) is 0 Å². The summed E-state index contributed by atoms with van der Waals surface area (Å²) in [6.07, 6.45) is 1.61. The van der Waals surface area contributed by atoms with Gasteiger partial charge in [0.05, 0.1) is 6.20 Å². The molecular weight excluding hydrogens is 420 g/mol. The van der Waals surface area contributed by atoms with Gasteiger partial charge in [0.1, 0.15) is 5.02 Å². The minimum Gasteiger partial charge on any atom is -0.369 e. The van der Waals surface area contributed by atoms with Gasteiger partial charge < -0.3 is 20.4 Å². The van der Waals surface area contributed by atoms with Crippen molar-refractivity contribution in [3.63, 3.8) is 0 Å². The van der Waals surface area contributed by atoms with E-state index in [1.54, 1.807) is 6.20 Å². The van der Waals surface area contributed by atoms with Crippen LogP contribution in [0.1, 0.15) is 26.3 Å². The van der Waals surface area contributed by atoms with E-state index >= 15 is 0 Å². The first kappa shape index (κ1) is 22.4. The molecule has 0 aliphatic carbocycles. The molecule has 1 aromatic heterocycles. The van der Waals surface area contributed by atoms with Crippen LogP contribution in [-0.2, 0) is 5.41 Å². The second-order valence-electron chi connectivity index (χ2n) is 9.30. The summed E-state index contributed by atoms with van der Waals surface area (Å²) in [4.78, 5) is 13.7. The number of piperazine rings is 1. The summed E-state index contributed by atoms with van der Waals surface area (Å²) in [6.45, 7) is 10.9. The fraction of sp³-hybridized carbons (Fsp3) is 0.360. The number of rotatable bonds is 5. The summed E-state index contributed by atoms with van der Waals surface area (Å²) in [7, 11) is 2.17. The highest BCUT2D eigenvalue weighted by atomic mass is 35.5. The maximum absolute atomic E-state index is 6.35. The quantitative estimate of drug-likeness (QED) is 0.522. The largest absolute Gasteiger partial charge is 0.369 e. The molecule has 1 aliphatic heterocycles. The number of halogens is 1. The van der Waals surface area contributed by atoms with Crippen LogP contribution in [0.4, 0.5) is 28.8 Å². The number of nitrogens with one attached hydrogen (secondary N) is 2. The first-order valence-electron chi connectivity index (χ1n) is 11.0. The molecule has 4 rings (SSSR count). The van der Waals surface area contributed by atoms with E-state index in [2.05, 4.69) is 94.6 Å². The predicted molar refractivity (Wildman–Crippen MR) is 135 cm³/mol. The van der Waals surface area contributed by atoms with Gasteiger partial charge in [0, 0.05) is 43.2 Å². The topological polar surface area (TPSA) is 56.3 Å². The number of aromatic nitrogens is 2. The molecule has 7 heteroatoms. The molecule has 168 valence electrons. The predicted octanol–water partition coefficient (Wildman–Crippen LogP) is 5.67. The summed E-state index contributed by atoms with van der Waals surface area (Å²) in [6, 6.07) is 16.7. The van der Waals surface area contributed by atoms with Crippen LogP contribution >= 0.6 is 11.6 Å². The molecule has 2 N–H and O–H groups in total. The van der Waals surface area contributed by atoms with Crippen molar-refractivity contribution in [3.05, 3.63) is 65.3 Å². The molecule has 0 radical (unpaired) electrons. The molecule has 1 aliphatic rings. The molecule has 1 fully saturated rings. The summed E-state index contributed by atoms with van der Waals surface area (Å²) in [5.41, 5.74) is 4.50. The van der Waals surface area contributed by atoms with Crippen molar-refractivity contribution in [3.8, 4) is 0 Å². The Morgan fingerprint density at radius 2 is 1.44 bits per heavy atom. The van der Waals surface area contributed by atoms with Crippen molar-refractivity contribution in [2.24, 2.45) is 0 Å². The molecule has 2 heterocycles. The highest BCUT2D eigenvalue weighted by Gasteiger charge is 2.15. The smallest absolute Gasteiger partial charge is 0.229 e. The Balaban J connectivity index is 1.43. The highest BCUT2D eigenvalue weighted by Crippen LogP contribution is 2.28. The zero-order valence-corrected chi connectivity index (χ0v) is 19.9. The molecule has 6 nitrogen and oxygen atoms in total. The van der Waals surface area contributed by atoms with Gasteiger partial charge in [-0.2, -0.15) is 4.98 Å². The molecule has 0 unspecified atom stereocenters. The van der Waals surface area contributed by atoms with E-state index in [4.69, 9.17) is 11.6 Å². The van der Waals surface area contributed by atoms with Gasteiger partial charge in [0.25, 0.3) is 0 Å². The monoisotopic (exact) mass is 450 g/mol. The first-order chi connectivity index (χ1) is 15.3. The number of likely N-dealkylation sites (N-methyl/N-ethyl adjacent to an activating group) is 1. The van der Waals surface area contributed by atoms with E-state index in [1.165, 1.54) is 11.3 Å². The number of nitrogens with zero attached hydrogens (tertiary/aromatic N) is 4. The van der Waals surface area contributed by atoms with Crippen LogP contribution in [0.5, 0.6) is 0 Å². The molecule has 1 saturated heterocycles. The van der Waals surface area contributed by atoms with Crippen molar-refractivity contribution in [1.82, 2.24) is 14.9 Å². The maximum atomic E-state index is 6.35. The Labute approximate surface area is 195 Å². The third-order valence-electron chi connectivity index (χ3n) is 5.75. The Kier molecular flexibility index (Phi) is 6.53. The van der Waals surface area contributed by atoms with Crippen LogP contribution in [0, 0.1) is 0 Å². The molecule has 0 amide bonds. The summed E-state index contributed by atoms with van der Waals surface area (Å²) >= 11 is 6.35. The van der Waals surface area contributed by atoms with Gasteiger partial charge in [0.15, 0.2) is 5.82 Å². The first-order valence-corrected chi connectivity index (χ1v) is 11.4. The summed E-state index contributed by atoms with van der Waals surface area (Å²) in [5, 5.41) is 7.05. The summed E-state index contributed by atoms with van der Waals surface area (Å²) < 4.78 is 0. The van der Waals surface area contributed by atoms with Gasteiger partial charge >= 0.3 is 0 Å². The SMILES string of the molecule is CN1CCN(c2ccc(Nc3ncc(Cl)c(Nc4ccc(C(C)(C)C)cc4)n3)cc2)CC1. The van der Waals surface area contributed by atoms with Gasteiger partial charge in [0.2, 0.25) is 5.95 Å². The minimum absolute atomic E-state index is 0.113. The Hall–Kier alpha value is -2.83. The maximum Gasteiger partial charge on any atom is 0.229 e. The lowest BCUT2D eigenvalue weighted by atomic mass is 9.87. The van der Waals surface area contributed by atoms with Crippen LogP contribution in [0.15, 0.2) is 54.7 Å².